The van der Waals surface area contributed by atoms with Gasteiger partial charge in [-0.05, 0) is 14.1 Å². The maximum absolute atomic E-state index is 4.62. The first-order chi connectivity index (χ1) is 13.1. The first-order valence-corrected chi connectivity index (χ1v) is 8.77. The van der Waals surface area contributed by atoms with Gasteiger partial charge < -0.3 is 10.2 Å². The summed E-state index contributed by atoms with van der Waals surface area (Å²) in [6, 6.07) is 12.3. The van der Waals surface area contributed by atoms with Crippen LogP contribution in [-0.2, 0) is 7.05 Å². The molecule has 1 atom stereocenters. The summed E-state index contributed by atoms with van der Waals surface area (Å²) in [6.07, 6.45) is 5.46. The summed E-state index contributed by atoms with van der Waals surface area (Å²) < 4.78 is 3.55. The average Bonchev–Trinajstić information content (AvgIpc) is 3.31. The fourth-order valence-corrected chi connectivity index (χ4v) is 3.11. The fourth-order valence-electron chi connectivity index (χ4n) is 3.11. The molecule has 138 valence electrons. The molecular formula is C19H22N8. The predicted molar refractivity (Wildman–Crippen MR) is 104 cm³/mol. The zero-order chi connectivity index (χ0) is 18.8. The van der Waals surface area contributed by atoms with E-state index < -0.39 is 0 Å². The van der Waals surface area contributed by atoms with Crippen molar-refractivity contribution in [2.24, 2.45) is 7.05 Å². The quantitative estimate of drug-likeness (QED) is 0.567. The van der Waals surface area contributed by atoms with Gasteiger partial charge in [0.2, 0.25) is 0 Å². The maximum Gasteiger partial charge on any atom is 0.254 e. The van der Waals surface area contributed by atoms with Crippen LogP contribution in [0.15, 0.2) is 55.1 Å². The molecule has 0 spiro atoms. The van der Waals surface area contributed by atoms with Gasteiger partial charge in [-0.15, -0.1) is 0 Å². The zero-order valence-corrected chi connectivity index (χ0v) is 15.6. The molecule has 0 aliphatic carbocycles. The summed E-state index contributed by atoms with van der Waals surface area (Å²) >= 11 is 0. The number of hydrogen-bond acceptors (Lipinski definition) is 6. The maximum atomic E-state index is 4.62. The Labute approximate surface area is 157 Å². The smallest absolute Gasteiger partial charge is 0.254 e. The van der Waals surface area contributed by atoms with Gasteiger partial charge in [-0.3, -0.25) is 4.68 Å². The fraction of sp³-hybridized carbons (Fsp3) is 0.263. The van der Waals surface area contributed by atoms with Crippen molar-refractivity contribution in [2.75, 3.05) is 26.0 Å². The van der Waals surface area contributed by atoms with Gasteiger partial charge in [-0.1, -0.05) is 30.3 Å². The van der Waals surface area contributed by atoms with E-state index in [9.17, 15) is 0 Å². The zero-order valence-electron chi connectivity index (χ0n) is 15.6. The molecule has 0 aliphatic rings. The molecule has 1 N–H and O–H groups in total. The Hall–Kier alpha value is -3.26. The minimum Gasteiger partial charge on any atom is -0.368 e. The van der Waals surface area contributed by atoms with Crippen molar-refractivity contribution in [1.29, 1.82) is 0 Å². The number of hydrogen-bond donors (Lipinski definition) is 1. The van der Waals surface area contributed by atoms with Gasteiger partial charge in [0.1, 0.15) is 12.1 Å². The SMILES string of the molecule is CN(C)C(CNc1cc(-c2ccccc2)nc2ncnn12)c1cnn(C)c1. The molecule has 4 aromatic rings. The van der Waals surface area contributed by atoms with Crippen LogP contribution in [0.1, 0.15) is 11.6 Å². The highest BCUT2D eigenvalue weighted by Gasteiger charge is 2.17. The Balaban J connectivity index is 1.65. The van der Waals surface area contributed by atoms with Crippen LogP contribution in [-0.4, -0.2) is 54.9 Å². The number of benzene rings is 1. The number of likely N-dealkylation sites (N-methyl/N-ethyl adjacent to an activating group) is 1. The van der Waals surface area contributed by atoms with E-state index in [0.29, 0.717) is 12.3 Å². The summed E-state index contributed by atoms with van der Waals surface area (Å²) in [5, 5.41) is 12.1. The van der Waals surface area contributed by atoms with E-state index in [4.69, 9.17) is 0 Å². The van der Waals surface area contributed by atoms with Crippen LogP contribution >= 0.6 is 0 Å². The van der Waals surface area contributed by atoms with E-state index in [1.165, 1.54) is 6.33 Å². The van der Waals surface area contributed by atoms with Gasteiger partial charge in [0.25, 0.3) is 5.78 Å². The minimum absolute atomic E-state index is 0.172. The molecule has 4 rings (SSSR count). The number of rotatable bonds is 6. The van der Waals surface area contributed by atoms with Crippen LogP contribution in [0.2, 0.25) is 0 Å². The van der Waals surface area contributed by atoms with Gasteiger partial charge in [-0.25, -0.2) is 4.98 Å². The average molecular weight is 362 g/mol. The molecule has 3 heterocycles. The first kappa shape index (κ1) is 17.2. The number of fused-ring (bicyclic) bond motifs is 1. The van der Waals surface area contributed by atoms with Crippen LogP contribution in [0.4, 0.5) is 5.82 Å². The lowest BCUT2D eigenvalue weighted by Gasteiger charge is -2.24. The van der Waals surface area contributed by atoms with E-state index in [2.05, 4.69) is 44.5 Å². The van der Waals surface area contributed by atoms with Gasteiger partial charge in [0, 0.05) is 37.0 Å². The molecule has 0 radical (unpaired) electrons. The molecule has 8 nitrogen and oxygen atoms in total. The summed E-state index contributed by atoms with van der Waals surface area (Å²) in [6.45, 7) is 0.700. The largest absolute Gasteiger partial charge is 0.368 e. The lowest BCUT2D eigenvalue weighted by atomic mass is 10.1. The van der Waals surface area contributed by atoms with Crippen LogP contribution in [0.25, 0.3) is 17.0 Å². The lowest BCUT2D eigenvalue weighted by molar-refractivity contribution is 0.311. The molecule has 0 fully saturated rings. The third-order valence-electron chi connectivity index (χ3n) is 4.53. The molecule has 0 saturated carbocycles. The first-order valence-electron chi connectivity index (χ1n) is 8.77. The normalized spacial score (nSPS) is 12.6. The molecule has 0 amide bonds. The van der Waals surface area contributed by atoms with Crippen LogP contribution in [0.5, 0.6) is 0 Å². The second-order valence-electron chi connectivity index (χ2n) is 6.67. The van der Waals surface area contributed by atoms with Crippen molar-refractivity contribution in [3.63, 3.8) is 0 Å². The molecule has 27 heavy (non-hydrogen) atoms. The van der Waals surface area contributed by atoms with Gasteiger partial charge in [-0.2, -0.15) is 19.7 Å². The van der Waals surface area contributed by atoms with E-state index in [1.54, 1.807) is 4.52 Å². The Morgan fingerprint density at radius 2 is 1.96 bits per heavy atom. The summed E-state index contributed by atoms with van der Waals surface area (Å²) in [5.41, 5.74) is 3.06. The van der Waals surface area contributed by atoms with Crippen molar-refractivity contribution in [3.8, 4) is 11.3 Å². The molecule has 1 unspecified atom stereocenters. The molecule has 1 aromatic carbocycles. The highest BCUT2D eigenvalue weighted by atomic mass is 15.4. The number of nitrogens with one attached hydrogen (secondary N) is 1. The van der Waals surface area contributed by atoms with Crippen molar-refractivity contribution < 1.29 is 0 Å². The van der Waals surface area contributed by atoms with Crippen LogP contribution in [0.3, 0.4) is 0 Å². The predicted octanol–water partition coefficient (Wildman–Crippen LogP) is 2.24. The van der Waals surface area contributed by atoms with Crippen molar-refractivity contribution in [3.05, 3.63) is 60.7 Å². The highest BCUT2D eigenvalue weighted by Crippen LogP contribution is 2.23. The lowest BCUT2D eigenvalue weighted by Crippen LogP contribution is -2.27. The monoisotopic (exact) mass is 362 g/mol. The second-order valence-corrected chi connectivity index (χ2v) is 6.67. The van der Waals surface area contributed by atoms with Crippen molar-refractivity contribution >= 4 is 11.6 Å². The third kappa shape index (κ3) is 3.52. The van der Waals surface area contributed by atoms with Gasteiger partial charge in [0.15, 0.2) is 0 Å². The molecule has 0 bridgehead atoms. The standard InChI is InChI=1S/C19H22N8/c1-25(2)17(15-10-22-26(3)12-15)11-20-18-9-16(14-7-5-4-6-8-14)24-19-21-13-23-27(18)19/h4-10,12-13,17,20H,11H2,1-3H3. The Morgan fingerprint density at radius 1 is 1.15 bits per heavy atom. The molecule has 8 heteroatoms. The minimum atomic E-state index is 0.172. The van der Waals surface area contributed by atoms with Crippen LogP contribution in [0, 0.1) is 0 Å². The van der Waals surface area contributed by atoms with E-state index >= 15 is 0 Å². The van der Waals surface area contributed by atoms with Crippen molar-refractivity contribution in [2.45, 2.75) is 6.04 Å². The molecular weight excluding hydrogens is 340 g/mol. The second kappa shape index (κ2) is 7.16. The molecule has 0 aliphatic heterocycles. The Morgan fingerprint density at radius 3 is 2.67 bits per heavy atom. The van der Waals surface area contributed by atoms with Gasteiger partial charge in [0.05, 0.1) is 17.9 Å². The Kier molecular flexibility index (Phi) is 4.55. The molecule has 0 saturated heterocycles. The van der Waals surface area contributed by atoms with Crippen molar-refractivity contribution in [1.82, 2.24) is 34.3 Å². The third-order valence-corrected chi connectivity index (χ3v) is 4.53. The molecule has 3 aromatic heterocycles. The summed E-state index contributed by atoms with van der Waals surface area (Å²) in [5.74, 6) is 1.42. The number of anilines is 1. The summed E-state index contributed by atoms with van der Waals surface area (Å²) in [4.78, 5) is 11.1. The van der Waals surface area contributed by atoms with E-state index in [0.717, 1.165) is 22.6 Å². The highest BCUT2D eigenvalue weighted by molar-refractivity contribution is 5.65. The van der Waals surface area contributed by atoms with Gasteiger partial charge >= 0.3 is 0 Å². The Bertz CT molecular complexity index is 1030. The number of aryl methyl sites for hydroxylation is 1. The van der Waals surface area contributed by atoms with E-state index in [1.807, 2.05) is 60.5 Å². The number of aromatic nitrogens is 6. The topological polar surface area (TPSA) is 76.2 Å². The van der Waals surface area contributed by atoms with E-state index in [-0.39, 0.29) is 6.04 Å². The van der Waals surface area contributed by atoms with Crippen LogP contribution < -0.4 is 5.32 Å². The summed E-state index contributed by atoms with van der Waals surface area (Å²) in [7, 11) is 6.05. The number of nitrogens with zero attached hydrogens (tertiary/aromatic N) is 7.